The van der Waals surface area contributed by atoms with Crippen LogP contribution in [0.3, 0.4) is 0 Å². The van der Waals surface area contributed by atoms with Crippen LogP contribution in [0.2, 0.25) is 0 Å². The topological polar surface area (TPSA) is 123 Å². The normalized spacial score (nSPS) is 10.8. The summed E-state index contributed by atoms with van der Waals surface area (Å²) in [4.78, 5) is 21.6. The van der Waals surface area contributed by atoms with Gasteiger partial charge in [0, 0.05) is 12.1 Å². The van der Waals surface area contributed by atoms with Crippen LogP contribution in [-0.4, -0.2) is 23.1 Å². The summed E-state index contributed by atoms with van der Waals surface area (Å²) >= 11 is 0. The molecule has 0 heterocycles. The van der Waals surface area contributed by atoms with Gasteiger partial charge in [0.1, 0.15) is 6.61 Å². The van der Waals surface area contributed by atoms with E-state index in [-0.39, 0.29) is 23.4 Å². The monoisotopic (exact) mass is 430 g/mol. The summed E-state index contributed by atoms with van der Waals surface area (Å²) < 4.78 is 11.2. The molecule has 0 spiro atoms. The van der Waals surface area contributed by atoms with Crippen LogP contribution < -0.4 is 9.47 Å². The number of benzene rings is 3. The van der Waals surface area contributed by atoms with Crippen molar-refractivity contribution in [2.24, 2.45) is 0 Å². The highest BCUT2D eigenvalue weighted by molar-refractivity contribution is 5.90. The van der Waals surface area contributed by atoms with Crippen molar-refractivity contribution in [3.05, 3.63) is 99.1 Å². The zero-order chi connectivity index (χ0) is 23.1. The molecule has 1 N–H and O–H groups in total. The molecule has 0 fully saturated rings. The van der Waals surface area contributed by atoms with Crippen molar-refractivity contribution in [2.45, 2.75) is 6.61 Å². The number of nitro benzene ring substituents is 1. The number of rotatable bonds is 8. The van der Waals surface area contributed by atoms with Crippen molar-refractivity contribution >= 4 is 23.3 Å². The standard InChI is InChI=1S/C24H18N2O6/c1-31-23-12-16(10-20(14-25)18-5-3-7-21(13-18)26(29)30)8-9-22(23)32-15-17-4-2-6-19(11-17)24(27)28/h2-13H,15H2,1H3,(H,27,28)/b20-10-. The number of carboxylic acid groups (broad SMARTS) is 1. The molecule has 3 aromatic carbocycles. The van der Waals surface area contributed by atoms with Crippen molar-refractivity contribution < 1.29 is 24.3 Å². The molecular weight excluding hydrogens is 412 g/mol. The largest absolute Gasteiger partial charge is 0.493 e. The first-order valence-electron chi connectivity index (χ1n) is 9.41. The van der Waals surface area contributed by atoms with Gasteiger partial charge in [-0.05, 0) is 47.0 Å². The van der Waals surface area contributed by atoms with E-state index in [1.54, 1.807) is 42.5 Å². The number of ether oxygens (including phenoxy) is 2. The van der Waals surface area contributed by atoms with Crippen LogP contribution in [0.15, 0.2) is 66.7 Å². The van der Waals surface area contributed by atoms with Crippen LogP contribution in [0.25, 0.3) is 11.6 Å². The number of hydrogen-bond acceptors (Lipinski definition) is 6. The molecule has 0 aliphatic carbocycles. The van der Waals surface area contributed by atoms with Crippen LogP contribution in [0, 0.1) is 21.4 Å². The molecule has 0 atom stereocenters. The number of carbonyl (C=O) groups is 1. The molecule has 0 saturated heterocycles. The van der Waals surface area contributed by atoms with E-state index in [0.717, 1.165) is 0 Å². The van der Waals surface area contributed by atoms with E-state index in [9.17, 15) is 20.2 Å². The lowest BCUT2D eigenvalue weighted by molar-refractivity contribution is -0.384. The van der Waals surface area contributed by atoms with Gasteiger partial charge in [0.05, 0.1) is 29.2 Å². The number of nitrogens with zero attached hydrogens (tertiary/aromatic N) is 2. The Bertz CT molecular complexity index is 1240. The van der Waals surface area contributed by atoms with E-state index in [0.29, 0.717) is 28.2 Å². The first kappa shape index (κ1) is 22.1. The van der Waals surface area contributed by atoms with Crippen molar-refractivity contribution in [1.82, 2.24) is 0 Å². The van der Waals surface area contributed by atoms with Gasteiger partial charge in [-0.1, -0.05) is 30.3 Å². The minimum atomic E-state index is -1.02. The fourth-order valence-corrected chi connectivity index (χ4v) is 2.98. The van der Waals surface area contributed by atoms with Gasteiger partial charge >= 0.3 is 5.97 Å². The van der Waals surface area contributed by atoms with Crippen molar-refractivity contribution in [1.29, 1.82) is 5.26 Å². The second-order valence-electron chi connectivity index (χ2n) is 6.68. The molecule has 3 rings (SSSR count). The lowest BCUT2D eigenvalue weighted by Crippen LogP contribution is -2.01. The van der Waals surface area contributed by atoms with Gasteiger partial charge < -0.3 is 14.6 Å². The number of allylic oxidation sites excluding steroid dienone is 1. The Kier molecular flexibility index (Phi) is 6.83. The maximum atomic E-state index is 11.1. The van der Waals surface area contributed by atoms with Gasteiger partial charge in [-0.15, -0.1) is 0 Å². The molecule has 0 aliphatic heterocycles. The molecule has 32 heavy (non-hydrogen) atoms. The van der Waals surface area contributed by atoms with Crippen LogP contribution in [-0.2, 0) is 6.61 Å². The minimum absolute atomic E-state index is 0.100. The summed E-state index contributed by atoms with van der Waals surface area (Å²) in [7, 11) is 1.48. The average Bonchev–Trinajstić information content (AvgIpc) is 2.81. The quantitative estimate of drug-likeness (QED) is 0.232. The van der Waals surface area contributed by atoms with Crippen molar-refractivity contribution in [3.8, 4) is 17.6 Å². The van der Waals surface area contributed by atoms with E-state index < -0.39 is 10.9 Å². The van der Waals surface area contributed by atoms with Crippen molar-refractivity contribution in [2.75, 3.05) is 7.11 Å². The number of hydrogen-bond donors (Lipinski definition) is 1. The summed E-state index contributed by atoms with van der Waals surface area (Å²) in [6.07, 6.45) is 1.60. The van der Waals surface area contributed by atoms with Crippen LogP contribution in [0.1, 0.15) is 27.0 Å². The molecule has 0 aromatic heterocycles. The summed E-state index contributed by atoms with van der Waals surface area (Å²) in [5, 5.41) is 29.6. The Morgan fingerprint density at radius 2 is 1.84 bits per heavy atom. The average molecular weight is 430 g/mol. The Morgan fingerprint density at radius 3 is 2.53 bits per heavy atom. The smallest absolute Gasteiger partial charge is 0.335 e. The lowest BCUT2D eigenvalue weighted by Gasteiger charge is -2.12. The van der Waals surface area contributed by atoms with Gasteiger partial charge in [-0.3, -0.25) is 10.1 Å². The van der Waals surface area contributed by atoms with Gasteiger partial charge in [0.15, 0.2) is 11.5 Å². The highest BCUT2D eigenvalue weighted by Crippen LogP contribution is 2.31. The number of nitriles is 1. The first-order valence-corrected chi connectivity index (χ1v) is 9.41. The third-order valence-corrected chi connectivity index (χ3v) is 4.56. The predicted molar refractivity (Wildman–Crippen MR) is 117 cm³/mol. The predicted octanol–water partition coefficient (Wildman–Crippen LogP) is 4.94. The van der Waals surface area contributed by atoms with E-state index in [4.69, 9.17) is 14.6 Å². The Labute approximate surface area is 183 Å². The zero-order valence-electron chi connectivity index (χ0n) is 17.0. The molecule has 0 unspecified atom stereocenters. The van der Waals surface area contributed by atoms with Crippen LogP contribution >= 0.6 is 0 Å². The minimum Gasteiger partial charge on any atom is -0.493 e. The molecule has 3 aromatic rings. The second kappa shape index (κ2) is 9.91. The van der Waals surface area contributed by atoms with Crippen LogP contribution in [0.5, 0.6) is 11.5 Å². The van der Waals surface area contributed by atoms with Crippen LogP contribution in [0.4, 0.5) is 5.69 Å². The number of non-ortho nitro benzene ring substituents is 1. The number of nitro groups is 1. The zero-order valence-corrected chi connectivity index (χ0v) is 17.0. The summed E-state index contributed by atoms with van der Waals surface area (Å²) in [5.74, 6) is -0.152. The SMILES string of the molecule is COc1cc(/C=C(/C#N)c2cccc([N+](=O)[O-])c2)ccc1OCc1cccc(C(=O)O)c1. The molecule has 160 valence electrons. The van der Waals surface area contributed by atoms with Gasteiger partial charge in [-0.2, -0.15) is 5.26 Å². The lowest BCUT2D eigenvalue weighted by atomic mass is 10.0. The van der Waals surface area contributed by atoms with E-state index in [1.165, 1.54) is 37.4 Å². The van der Waals surface area contributed by atoms with Gasteiger partial charge in [0.25, 0.3) is 5.69 Å². The van der Waals surface area contributed by atoms with Gasteiger partial charge in [-0.25, -0.2) is 4.79 Å². The fourth-order valence-electron chi connectivity index (χ4n) is 2.98. The molecule has 0 bridgehead atoms. The molecule has 0 aliphatic rings. The summed E-state index contributed by atoms with van der Waals surface area (Å²) in [6, 6.07) is 19.4. The van der Waals surface area contributed by atoms with E-state index >= 15 is 0 Å². The summed E-state index contributed by atoms with van der Waals surface area (Å²) in [5.41, 5.74) is 2.09. The summed E-state index contributed by atoms with van der Waals surface area (Å²) in [6.45, 7) is 0.143. The molecular formula is C24H18N2O6. The van der Waals surface area contributed by atoms with E-state index in [1.807, 2.05) is 0 Å². The molecule has 0 amide bonds. The maximum Gasteiger partial charge on any atom is 0.335 e. The van der Waals surface area contributed by atoms with E-state index in [2.05, 4.69) is 6.07 Å². The van der Waals surface area contributed by atoms with Crippen molar-refractivity contribution in [3.63, 3.8) is 0 Å². The fraction of sp³-hybridized carbons (Fsp3) is 0.0833. The Hall–Kier alpha value is -4.64. The Balaban J connectivity index is 1.83. The van der Waals surface area contributed by atoms with Gasteiger partial charge in [0.2, 0.25) is 0 Å². The third kappa shape index (κ3) is 5.29. The molecule has 0 radical (unpaired) electrons. The molecule has 8 nitrogen and oxygen atoms in total. The third-order valence-electron chi connectivity index (χ3n) is 4.56. The number of methoxy groups -OCH3 is 1. The molecule has 0 saturated carbocycles. The molecule has 8 heteroatoms. The second-order valence-corrected chi connectivity index (χ2v) is 6.68. The highest BCUT2D eigenvalue weighted by Gasteiger charge is 2.11. The number of aromatic carboxylic acids is 1. The first-order chi connectivity index (χ1) is 15.4. The highest BCUT2D eigenvalue weighted by atomic mass is 16.6. The number of carboxylic acids is 1. The Morgan fingerprint density at radius 1 is 1.09 bits per heavy atom. The maximum absolute atomic E-state index is 11.1.